The Morgan fingerprint density at radius 1 is 1.31 bits per heavy atom. The minimum atomic E-state index is -0.261. The van der Waals surface area contributed by atoms with Crippen LogP contribution < -0.4 is 0 Å². The van der Waals surface area contributed by atoms with Crippen LogP contribution in [-0.2, 0) is 13.5 Å². The molecule has 1 aliphatic heterocycles. The van der Waals surface area contributed by atoms with Crippen LogP contribution in [0.15, 0.2) is 40.9 Å². The van der Waals surface area contributed by atoms with E-state index in [9.17, 15) is 9.18 Å². The number of hydrogen-bond acceptors (Lipinski definition) is 4. The van der Waals surface area contributed by atoms with Crippen molar-refractivity contribution >= 4 is 5.91 Å². The van der Waals surface area contributed by atoms with Gasteiger partial charge in [0.15, 0.2) is 0 Å². The number of carbonyl (C=O) groups excluding carboxylic acids is 1. The highest BCUT2D eigenvalue weighted by Gasteiger charge is 2.35. The zero-order valence-corrected chi connectivity index (χ0v) is 16.9. The van der Waals surface area contributed by atoms with E-state index in [1.807, 2.05) is 11.0 Å². The Balaban J connectivity index is 1.52. The van der Waals surface area contributed by atoms with E-state index in [0.29, 0.717) is 30.3 Å². The zero-order valence-electron chi connectivity index (χ0n) is 16.9. The molecule has 4 rings (SSSR count). The summed E-state index contributed by atoms with van der Waals surface area (Å²) < 4.78 is 20.7. The summed E-state index contributed by atoms with van der Waals surface area (Å²) in [7, 11) is 1.80. The molecule has 1 amide bonds. The highest BCUT2D eigenvalue weighted by molar-refractivity contribution is 5.93. The van der Waals surface area contributed by atoms with Crippen molar-refractivity contribution in [1.82, 2.24) is 19.7 Å². The maximum Gasteiger partial charge on any atom is 0.272 e. The molecule has 2 aromatic heterocycles. The minimum absolute atomic E-state index is 0.0484. The smallest absolute Gasteiger partial charge is 0.272 e. The molecule has 0 bridgehead atoms. The molecule has 0 aliphatic carbocycles. The fourth-order valence-electron chi connectivity index (χ4n) is 3.75. The van der Waals surface area contributed by atoms with Gasteiger partial charge in [-0.3, -0.25) is 9.48 Å². The van der Waals surface area contributed by atoms with Crippen LogP contribution in [0, 0.1) is 5.82 Å². The van der Waals surface area contributed by atoms with Gasteiger partial charge in [-0.2, -0.15) is 5.10 Å². The first-order valence-electron chi connectivity index (χ1n) is 9.96. The second-order valence-corrected chi connectivity index (χ2v) is 7.86. The van der Waals surface area contributed by atoms with Gasteiger partial charge in [0.2, 0.25) is 5.89 Å². The Labute approximate surface area is 169 Å². The summed E-state index contributed by atoms with van der Waals surface area (Å²) in [6.07, 6.45) is 3.95. The molecule has 1 fully saturated rings. The first-order valence-corrected chi connectivity index (χ1v) is 9.96. The quantitative estimate of drug-likeness (QED) is 0.647. The third-order valence-electron chi connectivity index (χ3n) is 5.37. The Bertz CT molecular complexity index is 1010. The Hall–Kier alpha value is -2.96. The Morgan fingerprint density at radius 2 is 2.07 bits per heavy atom. The highest BCUT2D eigenvalue weighted by Crippen LogP contribution is 2.33. The monoisotopic (exact) mass is 396 g/mol. The summed E-state index contributed by atoms with van der Waals surface area (Å²) >= 11 is 0. The van der Waals surface area contributed by atoms with Crippen LogP contribution in [0.25, 0.3) is 0 Å². The van der Waals surface area contributed by atoms with Crippen molar-refractivity contribution in [2.24, 2.45) is 7.05 Å². The average Bonchev–Trinajstić information content (AvgIpc) is 3.42. The van der Waals surface area contributed by atoms with Crippen molar-refractivity contribution in [3.8, 4) is 0 Å². The van der Waals surface area contributed by atoms with E-state index in [1.54, 1.807) is 30.1 Å². The molecule has 3 aromatic rings. The highest BCUT2D eigenvalue weighted by atomic mass is 19.1. The lowest BCUT2D eigenvalue weighted by Gasteiger charge is -2.22. The standard InChI is InChI=1S/C22H25FN4O2/c1-14(2)18-12-20(26(3)25-18)22(28)27-10-4-5-19(27)21-24-13-17(29-21)11-15-6-8-16(23)9-7-15/h6-9,12-14,19H,4-5,10-11H2,1-3H3. The molecular weight excluding hydrogens is 371 g/mol. The zero-order chi connectivity index (χ0) is 20.5. The molecule has 0 spiro atoms. The van der Waals surface area contributed by atoms with Crippen molar-refractivity contribution in [3.63, 3.8) is 0 Å². The number of oxazole rings is 1. The van der Waals surface area contributed by atoms with Gasteiger partial charge in [-0.05, 0) is 42.5 Å². The van der Waals surface area contributed by atoms with E-state index in [1.165, 1.54) is 12.1 Å². The summed E-state index contributed by atoms with van der Waals surface area (Å²) in [4.78, 5) is 19.4. The summed E-state index contributed by atoms with van der Waals surface area (Å²) in [6.45, 7) is 4.79. The molecular formula is C22H25FN4O2. The van der Waals surface area contributed by atoms with Gasteiger partial charge >= 0.3 is 0 Å². The fourth-order valence-corrected chi connectivity index (χ4v) is 3.75. The molecule has 1 saturated heterocycles. The molecule has 29 heavy (non-hydrogen) atoms. The van der Waals surface area contributed by atoms with Gasteiger partial charge in [-0.15, -0.1) is 0 Å². The second kappa shape index (κ2) is 7.81. The van der Waals surface area contributed by atoms with Gasteiger partial charge in [0.25, 0.3) is 5.91 Å². The van der Waals surface area contributed by atoms with Crippen LogP contribution in [0.5, 0.6) is 0 Å². The summed E-state index contributed by atoms with van der Waals surface area (Å²) in [5, 5.41) is 4.46. The van der Waals surface area contributed by atoms with Crippen LogP contribution in [0.2, 0.25) is 0 Å². The van der Waals surface area contributed by atoms with Gasteiger partial charge in [0.05, 0.1) is 11.9 Å². The van der Waals surface area contributed by atoms with Crippen LogP contribution in [0.1, 0.15) is 72.0 Å². The molecule has 0 radical (unpaired) electrons. The van der Waals surface area contributed by atoms with Crippen LogP contribution >= 0.6 is 0 Å². The lowest BCUT2D eigenvalue weighted by molar-refractivity contribution is 0.0703. The van der Waals surface area contributed by atoms with Gasteiger partial charge in [-0.25, -0.2) is 9.37 Å². The molecule has 6 nitrogen and oxygen atoms in total. The predicted molar refractivity (Wildman–Crippen MR) is 106 cm³/mol. The number of aromatic nitrogens is 3. The van der Waals surface area contributed by atoms with Gasteiger partial charge in [0.1, 0.15) is 23.3 Å². The number of nitrogens with zero attached hydrogens (tertiary/aromatic N) is 4. The maximum absolute atomic E-state index is 13.2. The largest absolute Gasteiger partial charge is 0.443 e. The van der Waals surface area contributed by atoms with Crippen molar-refractivity contribution < 1.29 is 13.6 Å². The van der Waals surface area contributed by atoms with Crippen molar-refractivity contribution in [1.29, 1.82) is 0 Å². The molecule has 0 saturated carbocycles. The predicted octanol–water partition coefficient (Wildman–Crippen LogP) is 4.24. The number of amides is 1. The number of halogens is 1. The lowest BCUT2D eigenvalue weighted by Crippen LogP contribution is -2.32. The topological polar surface area (TPSA) is 64.2 Å². The van der Waals surface area contributed by atoms with E-state index < -0.39 is 0 Å². The summed E-state index contributed by atoms with van der Waals surface area (Å²) in [5.74, 6) is 1.21. The SMILES string of the molecule is CC(C)c1cc(C(=O)N2CCCC2c2ncc(Cc3ccc(F)cc3)o2)n(C)n1. The van der Waals surface area contributed by atoms with Crippen LogP contribution in [-0.4, -0.2) is 32.1 Å². The maximum atomic E-state index is 13.2. The van der Waals surface area contributed by atoms with Gasteiger partial charge in [-0.1, -0.05) is 26.0 Å². The number of rotatable bonds is 5. The van der Waals surface area contributed by atoms with Gasteiger partial charge < -0.3 is 9.32 Å². The molecule has 1 unspecified atom stereocenters. The first-order chi connectivity index (χ1) is 13.9. The van der Waals surface area contributed by atoms with Crippen molar-refractivity contribution in [2.75, 3.05) is 6.54 Å². The van der Waals surface area contributed by atoms with E-state index in [2.05, 4.69) is 23.9 Å². The average molecular weight is 396 g/mol. The summed E-state index contributed by atoms with van der Waals surface area (Å²) in [5.41, 5.74) is 2.44. The molecule has 3 heterocycles. The third kappa shape index (κ3) is 3.95. The van der Waals surface area contributed by atoms with E-state index in [0.717, 1.165) is 24.1 Å². The third-order valence-corrected chi connectivity index (χ3v) is 5.37. The number of aryl methyl sites for hydroxylation is 1. The van der Waals surface area contributed by atoms with Gasteiger partial charge in [0, 0.05) is 20.0 Å². The number of benzene rings is 1. The van der Waals surface area contributed by atoms with Crippen molar-refractivity contribution in [2.45, 2.75) is 45.1 Å². The van der Waals surface area contributed by atoms with E-state index >= 15 is 0 Å². The normalized spacial score (nSPS) is 16.7. The van der Waals surface area contributed by atoms with Crippen LogP contribution in [0.4, 0.5) is 4.39 Å². The molecule has 0 N–H and O–H groups in total. The molecule has 152 valence electrons. The summed E-state index contributed by atoms with van der Waals surface area (Å²) in [6, 6.07) is 8.03. The van der Waals surface area contributed by atoms with E-state index in [-0.39, 0.29) is 23.7 Å². The second-order valence-electron chi connectivity index (χ2n) is 7.86. The Kier molecular flexibility index (Phi) is 5.22. The number of likely N-dealkylation sites (tertiary alicyclic amines) is 1. The molecule has 1 atom stereocenters. The fraction of sp³-hybridized carbons (Fsp3) is 0.409. The molecule has 7 heteroatoms. The van der Waals surface area contributed by atoms with E-state index in [4.69, 9.17) is 4.42 Å². The molecule has 1 aliphatic rings. The first kappa shape index (κ1) is 19.4. The Morgan fingerprint density at radius 3 is 2.76 bits per heavy atom. The number of hydrogen-bond donors (Lipinski definition) is 0. The number of carbonyl (C=O) groups is 1. The minimum Gasteiger partial charge on any atom is -0.443 e. The lowest BCUT2D eigenvalue weighted by atomic mass is 10.1. The van der Waals surface area contributed by atoms with Crippen LogP contribution in [0.3, 0.4) is 0 Å². The molecule has 1 aromatic carbocycles. The van der Waals surface area contributed by atoms with Crippen molar-refractivity contribution in [3.05, 3.63) is 70.9 Å².